The zero-order chi connectivity index (χ0) is 54.5. The number of aliphatic hydroxyl groups is 4. The Labute approximate surface area is 419 Å². The molecule has 10 amide bonds. The molecule has 12 atom stereocenters. The number of nitrogens with two attached hydrogens (primary N) is 2. The number of halogens is 2. The maximum absolute atomic E-state index is 14.4. The number of carbonyl (C=O) groups is 9. The second-order valence-electron chi connectivity index (χ2n) is 17.6. The van der Waals surface area contributed by atoms with Crippen molar-refractivity contribution in [2.75, 3.05) is 31.6 Å². The number of amides is 10. The predicted octanol–water partition coefficient (Wildman–Crippen LogP) is -2.80. The van der Waals surface area contributed by atoms with E-state index in [-0.39, 0.29) is 56.7 Å². The minimum absolute atomic E-state index is 0.0881. The molecular formula is C45H68F2N10O16. The summed E-state index contributed by atoms with van der Waals surface area (Å²) in [5, 5.41) is 55.4. The number of aliphatic hydroxyl groups excluding tert-OH is 4. The van der Waals surface area contributed by atoms with Gasteiger partial charge >= 0.3 is 12.1 Å². The van der Waals surface area contributed by atoms with Crippen molar-refractivity contribution in [1.82, 2.24) is 36.8 Å². The summed E-state index contributed by atoms with van der Waals surface area (Å²) >= 11 is 0. The number of imide groups is 1. The zero-order valence-electron chi connectivity index (χ0n) is 40.8. The molecule has 1 aromatic rings. The number of hydrogen-bond donors (Lipinski definition) is 13. The van der Waals surface area contributed by atoms with Gasteiger partial charge in [-0.05, 0) is 49.3 Å². The Kier molecular flexibility index (Phi) is 25.0. The van der Waals surface area contributed by atoms with Crippen molar-refractivity contribution in [1.29, 1.82) is 0 Å². The van der Waals surface area contributed by atoms with Crippen molar-refractivity contribution in [3.05, 3.63) is 42.0 Å². The van der Waals surface area contributed by atoms with E-state index >= 15 is 0 Å². The molecule has 2 fully saturated rings. The molecule has 28 heteroatoms. The Morgan fingerprint density at radius 3 is 1.92 bits per heavy atom. The van der Waals surface area contributed by atoms with Crippen LogP contribution in [0.4, 0.5) is 24.1 Å². The van der Waals surface area contributed by atoms with Crippen molar-refractivity contribution in [2.45, 2.75) is 146 Å². The third kappa shape index (κ3) is 19.5. The number of alkyl halides is 2. The summed E-state index contributed by atoms with van der Waals surface area (Å²) in [5.41, 5.74) is 11.4. The molecule has 4 rings (SSSR count). The Morgan fingerprint density at radius 1 is 0.781 bits per heavy atom. The van der Waals surface area contributed by atoms with Crippen LogP contribution in [0.1, 0.15) is 71.8 Å². The van der Waals surface area contributed by atoms with Crippen LogP contribution in [0.2, 0.25) is 0 Å². The van der Waals surface area contributed by atoms with E-state index in [1.54, 1.807) is 13.8 Å². The maximum atomic E-state index is 14.4. The molecule has 0 spiro atoms. The number of ether oxygens (including phenoxy) is 3. The summed E-state index contributed by atoms with van der Waals surface area (Å²) in [5.74, 6) is -3.77. The fraction of sp³-hybridized carbons (Fsp3) is 0.622. The molecule has 4 unspecified atom stereocenters. The first-order chi connectivity index (χ1) is 34.5. The lowest BCUT2D eigenvalue weighted by Crippen LogP contribution is -2.67. The number of alkyl carbamates (subject to hydrolysis) is 1. The molecule has 26 nitrogen and oxygen atoms in total. The fourth-order valence-electron chi connectivity index (χ4n) is 7.56. The monoisotopic (exact) mass is 1040 g/mol. The average molecular weight is 1040 g/mol. The molecule has 3 heterocycles. The van der Waals surface area contributed by atoms with Crippen LogP contribution >= 0.6 is 0 Å². The minimum Gasteiger partial charge on any atom is -0.445 e. The van der Waals surface area contributed by atoms with Gasteiger partial charge in [0.2, 0.25) is 29.5 Å². The largest absolute Gasteiger partial charge is 0.445 e. The molecule has 0 aromatic heterocycles. The van der Waals surface area contributed by atoms with Crippen LogP contribution in [0, 0.1) is 5.92 Å². The molecule has 1 aromatic carbocycles. The highest BCUT2D eigenvalue weighted by Crippen LogP contribution is 2.24. The molecular weight excluding hydrogens is 975 g/mol. The standard InChI is InChI=1S/C37H53FN8O12.C8H15FN2O4/c1-20(2)30(44-26(49)9-5-4-6-17-46-27(50)14-15-28(46)51)34(54)43-24(8-7-16-40-36(39)55)33(53)42-23-12-10-22(11-13-23)19-57-37(56)45-35-31(41-21(3)48)32(52)29(38)25(18-47)58-35;1-3(13)11-6-7(14)5(9)4(2-12)15-8(6)10/h10-15,20,24-25,29-32,35,47,52H,4-9,16-19H2,1-3H3,(H,41,48)(H,42,53)(H,43,54)(H,44,49)(H,45,56)(H3,39,40,55);4-8,12,14H,2,10H2,1H3,(H,11,13)/t24?,25-,29-,30?,31-,32+,35?;4-,5-,6-,7+,8?/m11/s1. The lowest BCUT2D eigenvalue weighted by Gasteiger charge is -2.41. The molecule has 408 valence electrons. The number of nitrogens with zero attached hydrogens (tertiary/aromatic N) is 1. The summed E-state index contributed by atoms with van der Waals surface area (Å²) in [4.78, 5) is 110. The number of hydrogen-bond acceptors (Lipinski definition) is 17. The van der Waals surface area contributed by atoms with Gasteiger partial charge in [0.1, 0.15) is 55.4 Å². The fourth-order valence-corrected chi connectivity index (χ4v) is 7.56. The highest BCUT2D eigenvalue weighted by Gasteiger charge is 2.47. The summed E-state index contributed by atoms with van der Waals surface area (Å²) in [6.45, 7) is 4.53. The average Bonchev–Trinajstić information content (AvgIpc) is 3.65. The van der Waals surface area contributed by atoms with Crippen molar-refractivity contribution >= 4 is 59.2 Å². The van der Waals surface area contributed by atoms with Crippen LogP contribution in [-0.4, -0.2) is 178 Å². The molecule has 0 saturated carbocycles. The first kappa shape index (κ1) is 60.9. The van der Waals surface area contributed by atoms with Crippen LogP contribution < -0.4 is 48.7 Å². The first-order valence-corrected chi connectivity index (χ1v) is 23.4. The van der Waals surface area contributed by atoms with Gasteiger partial charge in [0, 0.05) is 51.2 Å². The van der Waals surface area contributed by atoms with E-state index in [1.165, 1.54) is 43.3 Å². The topological polar surface area (TPSA) is 402 Å². The van der Waals surface area contributed by atoms with Gasteiger partial charge in [0.15, 0.2) is 18.6 Å². The van der Waals surface area contributed by atoms with Crippen molar-refractivity contribution < 1.29 is 86.6 Å². The van der Waals surface area contributed by atoms with E-state index in [0.717, 1.165) is 11.8 Å². The number of benzene rings is 1. The number of primary amides is 1. The second kappa shape index (κ2) is 29.9. The summed E-state index contributed by atoms with van der Waals surface area (Å²) in [7, 11) is 0. The summed E-state index contributed by atoms with van der Waals surface area (Å²) in [6, 6.07) is 0.879. The Morgan fingerprint density at radius 2 is 1.36 bits per heavy atom. The van der Waals surface area contributed by atoms with Crippen molar-refractivity contribution in [2.24, 2.45) is 17.4 Å². The minimum atomic E-state index is -2.04. The molecule has 0 radical (unpaired) electrons. The highest BCUT2D eigenvalue weighted by molar-refractivity contribution is 6.12. The lowest BCUT2D eigenvalue weighted by molar-refractivity contribution is -0.180. The van der Waals surface area contributed by atoms with E-state index in [1.807, 2.05) is 0 Å². The molecule has 3 aliphatic rings. The first-order valence-electron chi connectivity index (χ1n) is 23.4. The van der Waals surface area contributed by atoms with Gasteiger partial charge < -0.3 is 78.0 Å². The van der Waals surface area contributed by atoms with Crippen LogP contribution in [0.15, 0.2) is 36.4 Å². The molecule has 0 bridgehead atoms. The molecule has 2 saturated heterocycles. The molecule has 0 aliphatic carbocycles. The number of rotatable bonds is 23. The van der Waals surface area contributed by atoms with Crippen molar-refractivity contribution in [3.63, 3.8) is 0 Å². The van der Waals surface area contributed by atoms with Crippen LogP contribution in [0.5, 0.6) is 0 Å². The molecule has 3 aliphatic heterocycles. The van der Waals surface area contributed by atoms with Crippen LogP contribution in [0.3, 0.4) is 0 Å². The summed E-state index contributed by atoms with van der Waals surface area (Å²) < 4.78 is 43.2. The smallest absolute Gasteiger partial charge is 0.409 e. The third-order valence-corrected chi connectivity index (χ3v) is 11.4. The SMILES string of the molecule is CC(=O)N[C@H]1C(N)O[C@H](CO)[C@@H](F)[C@@H]1O.CC(=O)N[C@H]1C(NC(=O)OCc2ccc(NC(=O)C(CCCNC(N)=O)NC(=O)C(NC(=O)CCCCCN3C(=O)C=CC3=O)C(C)C)cc2)O[C@H](CO)[C@@H](F)[C@@H]1O. The Balaban J connectivity index is 0.000000798. The number of anilines is 1. The predicted molar refractivity (Wildman–Crippen MR) is 251 cm³/mol. The van der Waals surface area contributed by atoms with Gasteiger partial charge in [-0.25, -0.2) is 18.4 Å². The summed E-state index contributed by atoms with van der Waals surface area (Å²) in [6.07, 6.45) is -8.82. The Bertz CT molecular complexity index is 2070. The number of carbonyl (C=O) groups excluding carboxylic acids is 9. The number of urea groups is 1. The second-order valence-corrected chi connectivity index (χ2v) is 17.6. The number of nitrogens with one attached hydrogen (secondary N) is 7. The van der Waals surface area contributed by atoms with Crippen molar-refractivity contribution in [3.8, 4) is 0 Å². The van der Waals surface area contributed by atoms with E-state index in [4.69, 9.17) is 30.8 Å². The maximum Gasteiger partial charge on any atom is 0.409 e. The van der Waals surface area contributed by atoms with E-state index in [0.29, 0.717) is 30.5 Å². The normalized spacial score (nSPS) is 25.3. The van der Waals surface area contributed by atoms with Gasteiger partial charge in [0.25, 0.3) is 11.8 Å². The lowest BCUT2D eigenvalue weighted by atomic mass is 9.97. The van der Waals surface area contributed by atoms with Crippen LogP contribution in [0.25, 0.3) is 0 Å². The van der Waals surface area contributed by atoms with E-state index < -0.39 is 128 Å². The molecule has 15 N–H and O–H groups in total. The zero-order valence-corrected chi connectivity index (χ0v) is 40.8. The van der Waals surface area contributed by atoms with Gasteiger partial charge in [-0.15, -0.1) is 0 Å². The van der Waals surface area contributed by atoms with E-state index in [2.05, 4.69) is 37.2 Å². The molecule has 73 heavy (non-hydrogen) atoms. The van der Waals surface area contributed by atoms with Gasteiger partial charge in [-0.1, -0.05) is 32.4 Å². The Hall–Kier alpha value is -6.43. The third-order valence-electron chi connectivity index (χ3n) is 11.4. The quantitative estimate of drug-likeness (QED) is 0.0389. The number of unbranched alkanes of at least 4 members (excludes halogenated alkanes) is 2. The van der Waals surface area contributed by atoms with Crippen LogP contribution in [-0.2, 0) is 54.4 Å². The van der Waals surface area contributed by atoms with Gasteiger partial charge in [0.05, 0.1) is 19.3 Å². The van der Waals surface area contributed by atoms with Gasteiger partial charge in [-0.3, -0.25) is 43.8 Å². The van der Waals surface area contributed by atoms with E-state index in [9.17, 15) is 67.3 Å². The van der Waals surface area contributed by atoms with Gasteiger partial charge in [-0.2, -0.15) is 0 Å². The highest BCUT2D eigenvalue weighted by atomic mass is 19.1.